The van der Waals surface area contributed by atoms with Crippen molar-refractivity contribution >= 4 is 45.5 Å². The SMILES string of the molecule is Cc1ccccc1CNc1c(C#N)cnc2c(Cl)cc(N[C@H](C3=CN(C4CCN(C(C)(C)C)CC4)NN3)c3ccc(Cl)cc3)cc12. The molecule has 0 radical (unpaired) electrons. The second-order valence-corrected chi connectivity index (χ2v) is 13.9. The summed E-state index contributed by atoms with van der Waals surface area (Å²) in [5.74, 6) is 0. The molecule has 3 heterocycles. The lowest BCUT2D eigenvalue weighted by molar-refractivity contribution is 0.0570. The first kappa shape index (κ1) is 32.0. The molecular weight excluding hydrogens is 615 g/mol. The molecule has 0 unspecified atom stereocenters. The molecule has 6 rings (SSSR count). The molecule has 4 aromatic rings. The van der Waals surface area contributed by atoms with E-state index in [1.165, 1.54) is 5.56 Å². The number of nitrogens with one attached hydrogen (secondary N) is 4. The Balaban J connectivity index is 1.31. The predicted molar refractivity (Wildman–Crippen MR) is 188 cm³/mol. The highest BCUT2D eigenvalue weighted by atomic mass is 35.5. The molecule has 1 fully saturated rings. The largest absolute Gasteiger partial charge is 0.379 e. The topological polar surface area (TPSA) is 91.3 Å². The Kier molecular flexibility index (Phi) is 9.30. The van der Waals surface area contributed by atoms with E-state index >= 15 is 0 Å². The highest BCUT2D eigenvalue weighted by Crippen LogP contribution is 2.36. The van der Waals surface area contributed by atoms with Crippen molar-refractivity contribution in [2.45, 2.75) is 64.7 Å². The summed E-state index contributed by atoms with van der Waals surface area (Å²) in [5.41, 5.74) is 13.9. The molecule has 1 aromatic heterocycles. The Morgan fingerprint density at radius 1 is 1.07 bits per heavy atom. The van der Waals surface area contributed by atoms with Crippen LogP contribution >= 0.6 is 23.2 Å². The third-order valence-corrected chi connectivity index (χ3v) is 9.54. The number of halogens is 2. The van der Waals surface area contributed by atoms with Gasteiger partial charge < -0.3 is 16.1 Å². The summed E-state index contributed by atoms with van der Waals surface area (Å²) >= 11 is 13.2. The van der Waals surface area contributed by atoms with E-state index in [1.54, 1.807) is 6.20 Å². The fourth-order valence-corrected chi connectivity index (χ4v) is 6.67. The molecule has 10 heteroatoms. The number of nitriles is 1. The lowest BCUT2D eigenvalue weighted by Crippen LogP contribution is -2.52. The molecule has 0 bridgehead atoms. The summed E-state index contributed by atoms with van der Waals surface area (Å²) in [7, 11) is 0. The van der Waals surface area contributed by atoms with Gasteiger partial charge in [-0.25, -0.2) is 0 Å². The molecular formula is C36H40Cl2N8. The highest BCUT2D eigenvalue weighted by molar-refractivity contribution is 6.36. The number of likely N-dealkylation sites (tertiary alicyclic amines) is 1. The summed E-state index contributed by atoms with van der Waals surface area (Å²) in [4.78, 5) is 7.10. The van der Waals surface area contributed by atoms with E-state index in [9.17, 15) is 5.26 Å². The molecule has 0 amide bonds. The van der Waals surface area contributed by atoms with Crippen LogP contribution in [0.3, 0.4) is 0 Å². The number of aromatic nitrogens is 1. The predicted octanol–water partition coefficient (Wildman–Crippen LogP) is 7.92. The Labute approximate surface area is 281 Å². The lowest BCUT2D eigenvalue weighted by atomic mass is 9.98. The second kappa shape index (κ2) is 13.4. The van der Waals surface area contributed by atoms with Gasteiger partial charge in [0, 0.05) is 59.7 Å². The zero-order valence-corrected chi connectivity index (χ0v) is 28.2. The Morgan fingerprint density at radius 3 is 2.50 bits per heavy atom. The minimum atomic E-state index is -0.242. The number of piperidine rings is 1. The van der Waals surface area contributed by atoms with Crippen LogP contribution in [0.2, 0.25) is 10.0 Å². The molecule has 4 N–H and O–H groups in total. The van der Waals surface area contributed by atoms with E-state index < -0.39 is 0 Å². The monoisotopic (exact) mass is 654 g/mol. The average molecular weight is 656 g/mol. The number of hydrogen-bond acceptors (Lipinski definition) is 8. The lowest BCUT2D eigenvalue weighted by Gasteiger charge is -2.42. The van der Waals surface area contributed by atoms with Crippen LogP contribution in [0.1, 0.15) is 61.9 Å². The van der Waals surface area contributed by atoms with Gasteiger partial charge in [-0.1, -0.05) is 59.6 Å². The van der Waals surface area contributed by atoms with Gasteiger partial charge in [0.25, 0.3) is 0 Å². The summed E-state index contributed by atoms with van der Waals surface area (Å²) < 4.78 is 0. The van der Waals surface area contributed by atoms with Crippen molar-refractivity contribution in [1.29, 1.82) is 5.26 Å². The van der Waals surface area contributed by atoms with E-state index in [1.807, 2.05) is 48.5 Å². The fourth-order valence-electron chi connectivity index (χ4n) is 6.27. The number of fused-ring (bicyclic) bond motifs is 1. The molecule has 2 aliphatic heterocycles. The number of benzene rings is 3. The van der Waals surface area contributed by atoms with Gasteiger partial charge in [0.05, 0.1) is 33.5 Å². The van der Waals surface area contributed by atoms with Gasteiger partial charge in [0.15, 0.2) is 0 Å². The Hall–Kier alpha value is -4.00. The van der Waals surface area contributed by atoms with E-state index in [2.05, 4.69) is 88.6 Å². The number of anilines is 2. The van der Waals surface area contributed by atoms with Crippen molar-refractivity contribution < 1.29 is 0 Å². The van der Waals surface area contributed by atoms with Crippen LogP contribution in [0.5, 0.6) is 0 Å². The number of pyridine rings is 1. The second-order valence-electron chi connectivity index (χ2n) is 13.0. The third kappa shape index (κ3) is 6.89. The Morgan fingerprint density at radius 2 is 1.80 bits per heavy atom. The molecule has 1 saturated heterocycles. The number of rotatable bonds is 8. The first-order valence-corrected chi connectivity index (χ1v) is 16.5. The molecule has 2 aliphatic rings. The zero-order valence-electron chi connectivity index (χ0n) is 26.7. The number of hydrogen-bond donors (Lipinski definition) is 4. The number of hydrazine groups is 2. The van der Waals surface area contributed by atoms with Gasteiger partial charge in [0.1, 0.15) is 6.07 Å². The molecule has 0 spiro atoms. The molecule has 46 heavy (non-hydrogen) atoms. The van der Waals surface area contributed by atoms with Gasteiger partial charge in [-0.2, -0.15) is 5.26 Å². The van der Waals surface area contributed by atoms with Crippen molar-refractivity contribution in [2.75, 3.05) is 23.7 Å². The van der Waals surface area contributed by atoms with Crippen molar-refractivity contribution in [3.05, 3.63) is 111 Å². The van der Waals surface area contributed by atoms with E-state index in [0.29, 0.717) is 39.4 Å². The van der Waals surface area contributed by atoms with Crippen LogP contribution < -0.4 is 21.6 Å². The molecule has 1 atom stereocenters. The summed E-state index contributed by atoms with van der Waals surface area (Å²) in [6.45, 7) is 11.6. The minimum Gasteiger partial charge on any atom is -0.379 e. The van der Waals surface area contributed by atoms with Crippen molar-refractivity contribution in [2.24, 2.45) is 0 Å². The van der Waals surface area contributed by atoms with Gasteiger partial charge in [-0.15, -0.1) is 5.53 Å². The van der Waals surface area contributed by atoms with E-state index in [-0.39, 0.29) is 11.6 Å². The standard InChI is InChI=1S/C36H40Cl2N8/c1-23-7-5-6-8-25(23)20-40-33-26(19-39)21-41-35-30(33)17-28(18-31(35)38)42-34(24-9-11-27(37)12-10-24)32-22-46(44-43-32)29-13-15-45(16-14-29)36(2,3)4/h5-12,17-18,21-22,29,34,42-44H,13-16,20H2,1-4H3,(H,40,41)/t34-/m0/s1. The quantitative estimate of drug-likeness (QED) is 0.152. The smallest absolute Gasteiger partial charge is 0.103 e. The van der Waals surface area contributed by atoms with Gasteiger partial charge in [-0.3, -0.25) is 14.9 Å². The molecule has 8 nitrogen and oxygen atoms in total. The highest BCUT2D eigenvalue weighted by Gasteiger charge is 2.32. The van der Waals surface area contributed by atoms with Crippen molar-refractivity contribution in [3.63, 3.8) is 0 Å². The zero-order chi connectivity index (χ0) is 32.4. The van der Waals surface area contributed by atoms with Crippen LogP contribution in [0.4, 0.5) is 11.4 Å². The van der Waals surface area contributed by atoms with Crippen LogP contribution in [-0.4, -0.2) is 39.6 Å². The maximum atomic E-state index is 10.00. The van der Waals surface area contributed by atoms with Crippen molar-refractivity contribution in [1.82, 2.24) is 25.9 Å². The van der Waals surface area contributed by atoms with Crippen LogP contribution in [0.25, 0.3) is 10.9 Å². The normalized spacial score (nSPS) is 16.5. The maximum Gasteiger partial charge on any atom is 0.103 e. The van der Waals surface area contributed by atoms with Crippen LogP contribution in [0.15, 0.2) is 78.8 Å². The van der Waals surface area contributed by atoms with Crippen LogP contribution in [0, 0.1) is 18.3 Å². The molecule has 3 aromatic carbocycles. The number of aryl methyl sites for hydroxylation is 1. The average Bonchev–Trinajstić information content (AvgIpc) is 3.53. The summed E-state index contributed by atoms with van der Waals surface area (Å²) in [6.07, 6.45) is 5.89. The molecule has 0 aliphatic carbocycles. The summed E-state index contributed by atoms with van der Waals surface area (Å²) in [6, 6.07) is 22.4. The fraction of sp³-hybridized carbons (Fsp3) is 0.333. The maximum absolute atomic E-state index is 10.00. The van der Waals surface area contributed by atoms with Crippen LogP contribution in [-0.2, 0) is 6.54 Å². The van der Waals surface area contributed by atoms with Gasteiger partial charge in [-0.05, 0) is 81.5 Å². The third-order valence-electron chi connectivity index (χ3n) is 9.00. The Bertz CT molecular complexity index is 1780. The first-order chi connectivity index (χ1) is 22.1. The van der Waals surface area contributed by atoms with Gasteiger partial charge in [0.2, 0.25) is 0 Å². The molecule has 0 saturated carbocycles. The minimum absolute atomic E-state index is 0.173. The van der Waals surface area contributed by atoms with E-state index in [0.717, 1.165) is 53.8 Å². The van der Waals surface area contributed by atoms with Crippen molar-refractivity contribution in [3.8, 4) is 6.07 Å². The number of nitrogens with zero attached hydrogens (tertiary/aromatic N) is 4. The first-order valence-electron chi connectivity index (χ1n) is 15.7. The summed E-state index contributed by atoms with van der Waals surface area (Å²) in [5, 5.41) is 21.4. The van der Waals surface area contributed by atoms with Gasteiger partial charge >= 0.3 is 0 Å². The van der Waals surface area contributed by atoms with E-state index in [4.69, 9.17) is 23.2 Å². The molecule has 238 valence electrons.